The maximum absolute atomic E-state index is 12.2. The Kier molecular flexibility index (Phi) is 4.89. The Bertz CT molecular complexity index is 744. The van der Waals surface area contributed by atoms with E-state index < -0.39 is 11.6 Å². The van der Waals surface area contributed by atoms with Crippen LogP contribution in [-0.2, 0) is 4.79 Å². The summed E-state index contributed by atoms with van der Waals surface area (Å²) in [6.45, 7) is 1.70. The highest BCUT2D eigenvalue weighted by molar-refractivity contribution is 8.00. The Morgan fingerprint density at radius 1 is 1.36 bits per heavy atom. The summed E-state index contributed by atoms with van der Waals surface area (Å²) < 4.78 is 40.1. The first-order chi connectivity index (χ1) is 11.8. The van der Waals surface area contributed by atoms with Gasteiger partial charge in [0.05, 0.1) is 5.25 Å². The van der Waals surface area contributed by atoms with Gasteiger partial charge in [0, 0.05) is 11.6 Å². The summed E-state index contributed by atoms with van der Waals surface area (Å²) in [6.07, 6.45) is -2.54. The van der Waals surface area contributed by atoms with Crippen molar-refractivity contribution in [1.29, 1.82) is 0 Å². The Balaban J connectivity index is 1.53. The second-order valence-electron chi connectivity index (χ2n) is 5.60. The minimum absolute atomic E-state index is 0.299. The molecule has 6 nitrogen and oxygen atoms in total. The number of halogens is 3. The number of ether oxygens (including phenoxy) is 1. The Morgan fingerprint density at radius 3 is 2.64 bits per heavy atom. The fourth-order valence-corrected chi connectivity index (χ4v) is 2.78. The lowest BCUT2D eigenvalue weighted by Crippen LogP contribution is -2.22. The molecular formula is C15H15F3N4O2S. The van der Waals surface area contributed by atoms with Gasteiger partial charge in [-0.2, -0.15) is 0 Å². The Hall–Kier alpha value is -2.23. The maximum atomic E-state index is 12.2. The average molecular weight is 372 g/mol. The number of carbonyl (C=O) groups excluding carboxylic acids is 1. The van der Waals surface area contributed by atoms with Crippen LogP contribution in [0.3, 0.4) is 0 Å². The molecule has 1 unspecified atom stereocenters. The van der Waals surface area contributed by atoms with Crippen LogP contribution in [0.1, 0.15) is 31.5 Å². The van der Waals surface area contributed by atoms with Crippen LogP contribution in [0.5, 0.6) is 5.75 Å². The summed E-state index contributed by atoms with van der Waals surface area (Å²) in [5.74, 6) is 0.646. The van der Waals surface area contributed by atoms with Crippen molar-refractivity contribution in [1.82, 2.24) is 15.2 Å². The molecule has 1 aromatic carbocycles. The third kappa shape index (κ3) is 5.12. The first-order valence-electron chi connectivity index (χ1n) is 7.56. The minimum atomic E-state index is -4.74. The second-order valence-corrected chi connectivity index (χ2v) is 6.91. The highest BCUT2D eigenvalue weighted by Crippen LogP contribution is 2.38. The molecule has 2 N–H and O–H groups in total. The number of aromatic amines is 1. The number of nitrogens with zero attached hydrogens (tertiary/aromatic N) is 2. The molecule has 3 rings (SSSR count). The number of thioether (sulfide) groups is 1. The van der Waals surface area contributed by atoms with Gasteiger partial charge in [0.25, 0.3) is 0 Å². The average Bonchev–Trinajstić information content (AvgIpc) is 3.28. The lowest BCUT2D eigenvalue weighted by molar-refractivity contribution is -0.274. The number of H-pyrrole nitrogens is 1. The van der Waals surface area contributed by atoms with E-state index in [2.05, 4.69) is 25.2 Å². The van der Waals surface area contributed by atoms with E-state index in [1.54, 1.807) is 6.92 Å². The van der Waals surface area contributed by atoms with E-state index in [0.717, 1.165) is 30.8 Å². The van der Waals surface area contributed by atoms with E-state index in [1.807, 2.05) is 0 Å². The minimum Gasteiger partial charge on any atom is -0.406 e. The maximum Gasteiger partial charge on any atom is 0.573 e. The van der Waals surface area contributed by atoms with Crippen LogP contribution in [0.4, 0.5) is 18.9 Å². The summed E-state index contributed by atoms with van der Waals surface area (Å²) in [7, 11) is 0. The van der Waals surface area contributed by atoms with Crippen LogP contribution in [0.2, 0.25) is 0 Å². The van der Waals surface area contributed by atoms with Crippen LogP contribution in [0.15, 0.2) is 29.4 Å². The molecule has 10 heteroatoms. The van der Waals surface area contributed by atoms with Gasteiger partial charge in [-0.1, -0.05) is 11.8 Å². The summed E-state index contributed by atoms with van der Waals surface area (Å²) in [4.78, 5) is 16.5. The second kappa shape index (κ2) is 6.95. The van der Waals surface area contributed by atoms with Crippen molar-refractivity contribution in [2.24, 2.45) is 0 Å². The number of carbonyl (C=O) groups is 1. The van der Waals surface area contributed by atoms with Crippen molar-refractivity contribution < 1.29 is 22.7 Å². The molecule has 1 heterocycles. The number of nitrogens with one attached hydrogen (secondary N) is 2. The molecule has 1 fully saturated rings. The third-order valence-electron chi connectivity index (χ3n) is 3.45. The molecule has 1 aliphatic rings. The largest absolute Gasteiger partial charge is 0.573 e. The number of hydrogen-bond acceptors (Lipinski definition) is 5. The van der Waals surface area contributed by atoms with Crippen molar-refractivity contribution in [3.05, 3.63) is 30.1 Å². The van der Waals surface area contributed by atoms with Crippen molar-refractivity contribution in [2.45, 2.75) is 42.5 Å². The van der Waals surface area contributed by atoms with E-state index in [9.17, 15) is 18.0 Å². The molecule has 134 valence electrons. The summed E-state index contributed by atoms with van der Waals surface area (Å²) in [5, 5.41) is 9.61. The molecule has 25 heavy (non-hydrogen) atoms. The monoisotopic (exact) mass is 372 g/mol. The SMILES string of the molecule is CC(Sc1n[nH]c(C2CC2)n1)C(=O)Nc1ccc(OC(F)(F)F)cc1. The summed E-state index contributed by atoms with van der Waals surface area (Å²) in [6, 6.07) is 4.96. The standard InChI is InChI=1S/C15H15F3N4O2S/c1-8(25-14-20-12(21-22-14)9-2-3-9)13(23)19-10-4-6-11(7-5-10)24-15(16,17)18/h4-9H,2-3H2,1H3,(H,19,23)(H,20,21,22). The molecule has 1 aliphatic carbocycles. The molecule has 0 bridgehead atoms. The normalized spacial score (nSPS) is 15.7. The lowest BCUT2D eigenvalue weighted by Gasteiger charge is -2.12. The first kappa shape index (κ1) is 17.6. The number of aromatic nitrogens is 3. The topological polar surface area (TPSA) is 79.9 Å². The van der Waals surface area contributed by atoms with E-state index in [-0.39, 0.29) is 11.7 Å². The highest BCUT2D eigenvalue weighted by atomic mass is 32.2. The van der Waals surface area contributed by atoms with E-state index in [0.29, 0.717) is 16.8 Å². The van der Waals surface area contributed by atoms with E-state index in [4.69, 9.17) is 0 Å². The molecule has 0 saturated heterocycles. The zero-order chi connectivity index (χ0) is 18.0. The summed E-state index contributed by atoms with van der Waals surface area (Å²) >= 11 is 1.21. The van der Waals surface area contributed by atoms with E-state index in [1.165, 1.54) is 23.9 Å². The number of alkyl halides is 3. The quantitative estimate of drug-likeness (QED) is 0.756. The van der Waals surface area contributed by atoms with Gasteiger partial charge in [-0.05, 0) is 44.0 Å². The van der Waals surface area contributed by atoms with Crippen LogP contribution < -0.4 is 10.1 Å². The van der Waals surface area contributed by atoms with Gasteiger partial charge in [0.2, 0.25) is 11.1 Å². The Labute approximate surface area is 145 Å². The van der Waals surface area contributed by atoms with Crippen molar-refractivity contribution in [2.75, 3.05) is 5.32 Å². The van der Waals surface area contributed by atoms with Gasteiger partial charge in [0.15, 0.2) is 0 Å². The fourth-order valence-electron chi connectivity index (χ4n) is 2.05. The molecule has 1 amide bonds. The van der Waals surface area contributed by atoms with Gasteiger partial charge in [-0.3, -0.25) is 9.89 Å². The van der Waals surface area contributed by atoms with Crippen molar-refractivity contribution in [3.63, 3.8) is 0 Å². The number of benzene rings is 1. The molecule has 1 saturated carbocycles. The molecule has 0 radical (unpaired) electrons. The zero-order valence-electron chi connectivity index (χ0n) is 13.1. The molecule has 1 aromatic heterocycles. The summed E-state index contributed by atoms with van der Waals surface area (Å²) in [5.41, 5.74) is 0.376. The van der Waals surface area contributed by atoms with Crippen LogP contribution in [0.25, 0.3) is 0 Å². The van der Waals surface area contributed by atoms with Crippen molar-refractivity contribution >= 4 is 23.4 Å². The first-order valence-corrected chi connectivity index (χ1v) is 8.44. The van der Waals surface area contributed by atoms with Gasteiger partial charge < -0.3 is 10.1 Å². The van der Waals surface area contributed by atoms with Crippen LogP contribution >= 0.6 is 11.8 Å². The molecule has 0 spiro atoms. The van der Waals surface area contributed by atoms with Gasteiger partial charge in [0.1, 0.15) is 11.6 Å². The third-order valence-corrected chi connectivity index (χ3v) is 4.41. The number of hydrogen-bond donors (Lipinski definition) is 2. The smallest absolute Gasteiger partial charge is 0.406 e. The highest BCUT2D eigenvalue weighted by Gasteiger charge is 2.31. The lowest BCUT2D eigenvalue weighted by atomic mass is 10.3. The fraction of sp³-hybridized carbons (Fsp3) is 0.400. The van der Waals surface area contributed by atoms with E-state index >= 15 is 0 Å². The molecule has 1 atom stereocenters. The van der Waals surface area contributed by atoms with Gasteiger partial charge in [-0.25, -0.2) is 4.98 Å². The zero-order valence-corrected chi connectivity index (χ0v) is 13.9. The van der Waals surface area contributed by atoms with Gasteiger partial charge in [-0.15, -0.1) is 18.3 Å². The predicted octanol–water partition coefficient (Wildman–Crippen LogP) is 3.70. The van der Waals surface area contributed by atoms with Crippen molar-refractivity contribution in [3.8, 4) is 5.75 Å². The van der Waals surface area contributed by atoms with Crippen LogP contribution in [0, 0.1) is 0 Å². The molecular weight excluding hydrogens is 357 g/mol. The molecule has 2 aromatic rings. The molecule has 0 aliphatic heterocycles. The van der Waals surface area contributed by atoms with Gasteiger partial charge >= 0.3 is 6.36 Å². The predicted molar refractivity (Wildman–Crippen MR) is 85.4 cm³/mol. The number of rotatable bonds is 6. The number of amides is 1. The Morgan fingerprint density at radius 2 is 2.04 bits per heavy atom. The number of anilines is 1. The van der Waals surface area contributed by atoms with Crippen LogP contribution in [-0.4, -0.2) is 32.7 Å².